The maximum atomic E-state index is 11.0. The summed E-state index contributed by atoms with van der Waals surface area (Å²) >= 11 is 5.31. The Morgan fingerprint density at radius 2 is 2.36 bits per heavy atom. The van der Waals surface area contributed by atoms with Crippen molar-refractivity contribution in [1.29, 1.82) is 0 Å². The van der Waals surface area contributed by atoms with Gasteiger partial charge in [0.25, 0.3) is 0 Å². The number of hydrogen-bond donors (Lipinski definition) is 2. The summed E-state index contributed by atoms with van der Waals surface area (Å²) in [6.07, 6.45) is 2.65. The molecule has 3 amide bonds. The molecular formula is C7H8ClN3O3. The number of alkyl halides is 1. The van der Waals surface area contributed by atoms with Gasteiger partial charge in [0.05, 0.1) is 6.20 Å². The molecule has 7 heteroatoms. The lowest BCUT2D eigenvalue weighted by Crippen LogP contribution is -2.34. The van der Waals surface area contributed by atoms with Gasteiger partial charge in [-0.3, -0.25) is 10.1 Å². The summed E-state index contributed by atoms with van der Waals surface area (Å²) in [7, 11) is 0. The SMILES string of the molecule is O=C(CCCl)NC(=O)Nc1cnoc1. The number of nitrogens with zero attached hydrogens (tertiary/aromatic N) is 1. The van der Waals surface area contributed by atoms with Crippen molar-refractivity contribution in [3.05, 3.63) is 12.5 Å². The molecule has 0 unspecified atom stereocenters. The minimum absolute atomic E-state index is 0.0958. The van der Waals surface area contributed by atoms with Gasteiger partial charge in [-0.1, -0.05) is 5.16 Å². The Morgan fingerprint density at radius 3 is 2.93 bits per heavy atom. The zero-order valence-corrected chi connectivity index (χ0v) is 7.87. The van der Waals surface area contributed by atoms with Crippen molar-refractivity contribution in [1.82, 2.24) is 10.5 Å². The number of carbonyl (C=O) groups excluding carboxylic acids is 2. The lowest BCUT2D eigenvalue weighted by atomic mass is 10.4. The van der Waals surface area contributed by atoms with Crippen LogP contribution in [-0.2, 0) is 4.79 Å². The van der Waals surface area contributed by atoms with Crippen LogP contribution in [-0.4, -0.2) is 23.0 Å². The second-order valence-electron chi connectivity index (χ2n) is 2.35. The molecule has 0 aliphatic heterocycles. The first-order valence-corrected chi connectivity index (χ1v) is 4.32. The Labute approximate surface area is 84.6 Å². The monoisotopic (exact) mass is 217 g/mol. The molecule has 0 bridgehead atoms. The van der Waals surface area contributed by atoms with Gasteiger partial charge in [-0.25, -0.2) is 4.79 Å². The quantitative estimate of drug-likeness (QED) is 0.739. The zero-order chi connectivity index (χ0) is 10.4. The molecule has 14 heavy (non-hydrogen) atoms. The first kappa shape index (κ1) is 10.5. The van der Waals surface area contributed by atoms with E-state index in [1.54, 1.807) is 0 Å². The van der Waals surface area contributed by atoms with E-state index in [-0.39, 0.29) is 12.3 Å². The van der Waals surface area contributed by atoms with E-state index in [9.17, 15) is 9.59 Å². The molecule has 0 fully saturated rings. The van der Waals surface area contributed by atoms with Crippen molar-refractivity contribution in [2.24, 2.45) is 0 Å². The predicted molar refractivity (Wildman–Crippen MR) is 49.0 cm³/mol. The molecule has 0 radical (unpaired) electrons. The molecule has 0 spiro atoms. The second-order valence-corrected chi connectivity index (χ2v) is 2.73. The Balaban J connectivity index is 2.33. The maximum Gasteiger partial charge on any atom is 0.326 e. The number of hydrogen-bond acceptors (Lipinski definition) is 4. The molecule has 2 N–H and O–H groups in total. The van der Waals surface area contributed by atoms with E-state index in [1.165, 1.54) is 12.5 Å². The van der Waals surface area contributed by atoms with Gasteiger partial charge in [-0.15, -0.1) is 11.6 Å². The highest BCUT2D eigenvalue weighted by atomic mass is 35.5. The summed E-state index contributed by atoms with van der Waals surface area (Å²) in [6, 6.07) is -0.636. The molecule has 0 saturated heterocycles. The molecule has 1 aromatic heterocycles. The average Bonchev–Trinajstić information content (AvgIpc) is 2.56. The number of rotatable bonds is 3. The molecule has 1 aromatic rings. The first-order valence-electron chi connectivity index (χ1n) is 3.78. The van der Waals surface area contributed by atoms with Gasteiger partial charge in [-0.05, 0) is 0 Å². The number of anilines is 1. The third kappa shape index (κ3) is 3.44. The second kappa shape index (κ2) is 5.23. The zero-order valence-electron chi connectivity index (χ0n) is 7.12. The Hall–Kier alpha value is -1.56. The number of urea groups is 1. The van der Waals surface area contributed by atoms with Crippen LogP contribution in [0.4, 0.5) is 10.5 Å². The van der Waals surface area contributed by atoms with Crippen molar-refractivity contribution in [2.75, 3.05) is 11.2 Å². The van der Waals surface area contributed by atoms with E-state index in [4.69, 9.17) is 11.6 Å². The van der Waals surface area contributed by atoms with Gasteiger partial charge in [-0.2, -0.15) is 0 Å². The van der Waals surface area contributed by atoms with Gasteiger partial charge >= 0.3 is 6.03 Å². The highest BCUT2D eigenvalue weighted by molar-refractivity contribution is 6.19. The van der Waals surface area contributed by atoms with Crippen LogP contribution in [0.3, 0.4) is 0 Å². The molecule has 1 rings (SSSR count). The maximum absolute atomic E-state index is 11.0. The molecule has 0 aromatic carbocycles. The molecule has 0 saturated carbocycles. The fourth-order valence-corrected chi connectivity index (χ4v) is 0.876. The lowest BCUT2D eigenvalue weighted by molar-refractivity contribution is -0.119. The standard InChI is InChI=1S/C7H8ClN3O3/c8-2-1-6(12)11-7(13)10-5-3-9-14-4-5/h3-4H,1-2H2,(H2,10,11,12,13). The summed E-state index contributed by atoms with van der Waals surface area (Å²) < 4.78 is 4.47. The highest BCUT2D eigenvalue weighted by Gasteiger charge is 2.07. The normalized spacial score (nSPS) is 9.50. The van der Waals surface area contributed by atoms with Crippen molar-refractivity contribution < 1.29 is 14.1 Å². The topological polar surface area (TPSA) is 84.2 Å². The third-order valence-corrected chi connectivity index (χ3v) is 1.45. The van der Waals surface area contributed by atoms with Gasteiger partial charge in [0.1, 0.15) is 12.0 Å². The first-order chi connectivity index (χ1) is 6.72. The number of imide groups is 1. The molecule has 0 atom stereocenters. The van der Waals surface area contributed by atoms with E-state index in [2.05, 4.69) is 20.3 Å². The molecule has 1 heterocycles. The van der Waals surface area contributed by atoms with Gasteiger partial charge in [0.2, 0.25) is 5.91 Å². The minimum atomic E-state index is -0.636. The van der Waals surface area contributed by atoms with E-state index >= 15 is 0 Å². The Bertz CT molecular complexity index is 312. The van der Waals surface area contributed by atoms with Crippen molar-refractivity contribution >= 4 is 29.2 Å². The van der Waals surface area contributed by atoms with Crippen molar-refractivity contribution in [2.45, 2.75) is 6.42 Å². The van der Waals surface area contributed by atoms with E-state index < -0.39 is 11.9 Å². The van der Waals surface area contributed by atoms with Crippen molar-refractivity contribution in [3.63, 3.8) is 0 Å². The number of aromatic nitrogens is 1. The van der Waals surface area contributed by atoms with Crippen LogP contribution in [0.15, 0.2) is 17.0 Å². The molecule has 6 nitrogen and oxygen atoms in total. The lowest BCUT2D eigenvalue weighted by Gasteiger charge is -2.02. The van der Waals surface area contributed by atoms with E-state index in [0.29, 0.717) is 5.69 Å². The molecule has 0 aliphatic rings. The van der Waals surface area contributed by atoms with Crippen LogP contribution in [0.25, 0.3) is 0 Å². The highest BCUT2D eigenvalue weighted by Crippen LogP contribution is 2.02. The molecular weight excluding hydrogens is 210 g/mol. The van der Waals surface area contributed by atoms with Crippen molar-refractivity contribution in [3.8, 4) is 0 Å². The van der Waals surface area contributed by atoms with Crippen LogP contribution < -0.4 is 10.6 Å². The van der Waals surface area contributed by atoms with Gasteiger partial charge < -0.3 is 9.84 Å². The van der Waals surface area contributed by atoms with Crippen LogP contribution in [0.5, 0.6) is 0 Å². The smallest absolute Gasteiger partial charge is 0.326 e. The van der Waals surface area contributed by atoms with Gasteiger partial charge in [0, 0.05) is 12.3 Å². The fraction of sp³-hybridized carbons (Fsp3) is 0.286. The van der Waals surface area contributed by atoms with E-state index in [1.807, 2.05) is 0 Å². The van der Waals surface area contributed by atoms with Crippen LogP contribution in [0.2, 0.25) is 0 Å². The fourth-order valence-electron chi connectivity index (χ4n) is 0.704. The molecule has 0 aliphatic carbocycles. The largest absolute Gasteiger partial charge is 0.363 e. The molecule has 76 valence electrons. The van der Waals surface area contributed by atoms with Gasteiger partial charge in [0.15, 0.2) is 0 Å². The number of halogens is 1. The van der Waals surface area contributed by atoms with E-state index in [0.717, 1.165) is 0 Å². The number of amides is 3. The predicted octanol–water partition coefficient (Wildman–Crippen LogP) is 0.952. The van der Waals surface area contributed by atoms with Crippen LogP contribution in [0.1, 0.15) is 6.42 Å². The van der Waals surface area contributed by atoms with Crippen LogP contribution >= 0.6 is 11.6 Å². The summed E-state index contributed by atoms with van der Waals surface area (Å²) in [4.78, 5) is 21.9. The summed E-state index contributed by atoms with van der Waals surface area (Å²) in [6.45, 7) is 0. The third-order valence-electron chi connectivity index (χ3n) is 1.26. The number of nitrogens with one attached hydrogen (secondary N) is 2. The minimum Gasteiger partial charge on any atom is -0.363 e. The summed E-state index contributed by atoms with van der Waals surface area (Å²) in [5.74, 6) is -0.263. The summed E-state index contributed by atoms with van der Waals surface area (Å²) in [5.41, 5.74) is 0.376. The Morgan fingerprint density at radius 1 is 1.57 bits per heavy atom. The average molecular weight is 218 g/mol. The van der Waals surface area contributed by atoms with Crippen LogP contribution in [0, 0.1) is 0 Å². The summed E-state index contributed by atoms with van der Waals surface area (Å²) in [5, 5.41) is 7.78. The number of carbonyl (C=O) groups is 2. The Kier molecular flexibility index (Phi) is 3.93.